The summed E-state index contributed by atoms with van der Waals surface area (Å²) >= 11 is 0. The number of hydrogen-bond donors (Lipinski definition) is 1. The standard InChI is InChI=1S/C18H18F2N6O2/c1-2-24-10-13(5-8-16(24)27)12-3-6-15(7-4-12)26-18(28)25(22-23-26)11-14(9-21)17(19)20/h3-8,10H,2,9,11,21H2,1H3. The molecule has 0 saturated carbocycles. The number of benzene rings is 1. The molecule has 0 fully saturated rings. The Morgan fingerprint density at radius 2 is 1.71 bits per heavy atom. The van der Waals surface area contributed by atoms with Gasteiger partial charge in [-0.2, -0.15) is 18.1 Å². The number of hydrogen-bond acceptors (Lipinski definition) is 5. The Morgan fingerprint density at radius 3 is 2.32 bits per heavy atom. The van der Waals surface area contributed by atoms with Gasteiger partial charge in [0, 0.05) is 30.9 Å². The van der Waals surface area contributed by atoms with Crippen LogP contribution in [0.5, 0.6) is 0 Å². The van der Waals surface area contributed by atoms with Crippen molar-refractivity contribution in [3.8, 4) is 16.8 Å². The summed E-state index contributed by atoms with van der Waals surface area (Å²) in [5, 5.41) is 7.37. The van der Waals surface area contributed by atoms with Crippen LogP contribution in [0.25, 0.3) is 16.8 Å². The first kappa shape index (κ1) is 19.4. The lowest BCUT2D eigenvalue weighted by molar-refractivity contribution is 0.400. The lowest BCUT2D eigenvalue weighted by atomic mass is 10.1. The number of aryl methyl sites for hydroxylation is 1. The Hall–Kier alpha value is -3.40. The molecule has 146 valence electrons. The third-order valence-electron chi connectivity index (χ3n) is 4.26. The van der Waals surface area contributed by atoms with E-state index in [1.807, 2.05) is 6.92 Å². The fourth-order valence-electron chi connectivity index (χ4n) is 2.66. The van der Waals surface area contributed by atoms with Crippen LogP contribution in [0.2, 0.25) is 0 Å². The Morgan fingerprint density at radius 1 is 1.04 bits per heavy atom. The van der Waals surface area contributed by atoms with Crippen LogP contribution in [-0.4, -0.2) is 30.9 Å². The first-order valence-electron chi connectivity index (χ1n) is 8.51. The van der Waals surface area contributed by atoms with Crippen molar-refractivity contribution in [2.24, 2.45) is 5.73 Å². The van der Waals surface area contributed by atoms with Crippen molar-refractivity contribution < 1.29 is 8.78 Å². The molecule has 3 rings (SSSR count). The highest BCUT2D eigenvalue weighted by Crippen LogP contribution is 2.19. The van der Waals surface area contributed by atoms with Gasteiger partial charge in [-0.25, -0.2) is 4.79 Å². The van der Waals surface area contributed by atoms with Crippen LogP contribution in [0.3, 0.4) is 0 Å². The van der Waals surface area contributed by atoms with E-state index < -0.39 is 18.3 Å². The lowest BCUT2D eigenvalue weighted by Gasteiger charge is -2.07. The summed E-state index contributed by atoms with van der Waals surface area (Å²) in [4.78, 5) is 24.1. The van der Waals surface area contributed by atoms with Crippen LogP contribution in [0, 0.1) is 0 Å². The maximum Gasteiger partial charge on any atom is 0.368 e. The molecule has 0 radical (unpaired) electrons. The van der Waals surface area contributed by atoms with E-state index in [0.29, 0.717) is 12.2 Å². The zero-order chi connectivity index (χ0) is 20.3. The topological polar surface area (TPSA) is 101 Å². The number of halogens is 2. The summed E-state index contributed by atoms with van der Waals surface area (Å²) in [5.41, 5.74) is 6.27. The van der Waals surface area contributed by atoms with Gasteiger partial charge in [-0.1, -0.05) is 12.1 Å². The van der Waals surface area contributed by atoms with Crippen LogP contribution in [0.1, 0.15) is 6.92 Å². The zero-order valence-electron chi connectivity index (χ0n) is 15.0. The largest absolute Gasteiger partial charge is 0.368 e. The molecule has 0 spiro atoms. The maximum atomic E-state index is 12.7. The molecule has 0 unspecified atom stereocenters. The van der Waals surface area contributed by atoms with Crippen molar-refractivity contribution in [1.29, 1.82) is 0 Å². The van der Waals surface area contributed by atoms with E-state index in [2.05, 4.69) is 10.4 Å². The van der Waals surface area contributed by atoms with E-state index in [0.717, 1.165) is 20.5 Å². The van der Waals surface area contributed by atoms with Crippen LogP contribution in [-0.2, 0) is 13.1 Å². The Bertz CT molecular complexity index is 1120. The van der Waals surface area contributed by atoms with E-state index >= 15 is 0 Å². The van der Waals surface area contributed by atoms with Gasteiger partial charge in [0.1, 0.15) is 0 Å². The van der Waals surface area contributed by atoms with Gasteiger partial charge in [-0.05, 0) is 46.7 Å². The molecule has 0 atom stereocenters. The van der Waals surface area contributed by atoms with Crippen LogP contribution in [0.4, 0.5) is 8.78 Å². The highest BCUT2D eigenvalue weighted by Gasteiger charge is 2.13. The van der Waals surface area contributed by atoms with Gasteiger partial charge >= 0.3 is 5.69 Å². The monoisotopic (exact) mass is 388 g/mol. The number of nitrogens with zero attached hydrogens (tertiary/aromatic N) is 5. The SMILES string of the molecule is CCn1cc(-c2ccc(-n3nnn(CC(CN)=C(F)F)c3=O)cc2)ccc1=O. The van der Waals surface area contributed by atoms with Crippen molar-refractivity contribution in [3.05, 3.63) is 75.1 Å². The molecular formula is C18H18F2N6O2. The fourth-order valence-corrected chi connectivity index (χ4v) is 2.66. The van der Waals surface area contributed by atoms with Crippen molar-refractivity contribution in [3.63, 3.8) is 0 Å². The first-order chi connectivity index (χ1) is 13.4. The van der Waals surface area contributed by atoms with E-state index in [9.17, 15) is 18.4 Å². The molecule has 28 heavy (non-hydrogen) atoms. The van der Waals surface area contributed by atoms with Gasteiger partial charge in [0.05, 0.1) is 12.2 Å². The number of pyridine rings is 1. The third-order valence-corrected chi connectivity index (χ3v) is 4.26. The molecule has 2 N–H and O–H groups in total. The highest BCUT2D eigenvalue weighted by molar-refractivity contribution is 5.63. The van der Waals surface area contributed by atoms with Gasteiger partial charge in [0.2, 0.25) is 0 Å². The molecule has 3 aromatic rings. The molecule has 0 aliphatic rings. The summed E-state index contributed by atoms with van der Waals surface area (Å²) in [6.45, 7) is 1.64. The molecule has 0 saturated heterocycles. The minimum Gasteiger partial charge on any atom is -0.327 e. The molecule has 1 aromatic carbocycles. The Labute approximate surface area is 158 Å². The van der Waals surface area contributed by atoms with Gasteiger partial charge in [-0.15, -0.1) is 0 Å². The quantitative estimate of drug-likeness (QED) is 0.688. The molecule has 10 heteroatoms. The minimum absolute atomic E-state index is 0.0818. The van der Waals surface area contributed by atoms with Crippen molar-refractivity contribution >= 4 is 0 Å². The highest BCUT2D eigenvalue weighted by atomic mass is 19.3. The normalized spacial score (nSPS) is 10.9. The summed E-state index contributed by atoms with van der Waals surface area (Å²) in [6, 6.07) is 10.1. The molecule has 0 aliphatic heterocycles. The first-order valence-corrected chi connectivity index (χ1v) is 8.51. The molecular weight excluding hydrogens is 370 g/mol. The molecule has 2 aromatic heterocycles. The zero-order valence-corrected chi connectivity index (χ0v) is 15.0. The van der Waals surface area contributed by atoms with Crippen molar-refractivity contribution in [2.75, 3.05) is 6.54 Å². The molecule has 0 bridgehead atoms. The van der Waals surface area contributed by atoms with Crippen LogP contribution < -0.4 is 17.0 Å². The second-order valence-corrected chi connectivity index (χ2v) is 5.99. The van der Waals surface area contributed by atoms with Crippen molar-refractivity contribution in [1.82, 2.24) is 24.4 Å². The number of aromatic nitrogens is 5. The summed E-state index contributed by atoms with van der Waals surface area (Å²) in [7, 11) is 0. The molecule has 0 amide bonds. The second kappa shape index (κ2) is 8.09. The van der Waals surface area contributed by atoms with Gasteiger partial charge in [0.15, 0.2) is 0 Å². The molecule has 2 heterocycles. The smallest absolute Gasteiger partial charge is 0.327 e. The number of tetrazole rings is 1. The van der Waals surface area contributed by atoms with E-state index in [1.54, 1.807) is 41.1 Å². The summed E-state index contributed by atoms with van der Waals surface area (Å²) < 4.78 is 28.9. The Kier molecular flexibility index (Phi) is 5.59. The predicted molar refractivity (Wildman–Crippen MR) is 99.3 cm³/mol. The van der Waals surface area contributed by atoms with Gasteiger partial charge in [-0.3, -0.25) is 4.79 Å². The van der Waals surface area contributed by atoms with Crippen LogP contribution >= 0.6 is 0 Å². The lowest BCUT2D eigenvalue weighted by Crippen LogP contribution is -2.26. The van der Waals surface area contributed by atoms with E-state index in [4.69, 9.17) is 5.73 Å². The summed E-state index contributed by atoms with van der Waals surface area (Å²) in [6.07, 6.45) is -0.173. The predicted octanol–water partition coefficient (Wildman–Crippen LogP) is 1.39. The van der Waals surface area contributed by atoms with Gasteiger partial charge in [0.25, 0.3) is 11.6 Å². The maximum absolute atomic E-state index is 12.7. The second-order valence-electron chi connectivity index (χ2n) is 5.99. The van der Waals surface area contributed by atoms with E-state index in [-0.39, 0.29) is 17.7 Å². The average Bonchev–Trinajstić information content (AvgIpc) is 3.06. The van der Waals surface area contributed by atoms with E-state index in [1.165, 1.54) is 6.07 Å². The third kappa shape index (κ3) is 3.81. The van der Waals surface area contributed by atoms with Crippen molar-refractivity contribution in [2.45, 2.75) is 20.0 Å². The van der Waals surface area contributed by atoms with Gasteiger partial charge < -0.3 is 10.3 Å². The fraction of sp³-hybridized carbons (Fsp3) is 0.222. The molecule has 0 aliphatic carbocycles. The van der Waals surface area contributed by atoms with Crippen LogP contribution in [0.15, 0.2) is 63.8 Å². The molecule has 8 nitrogen and oxygen atoms in total. The summed E-state index contributed by atoms with van der Waals surface area (Å²) in [5.74, 6) is 0. The number of rotatable bonds is 6. The Balaban J connectivity index is 1.90. The average molecular weight is 388 g/mol. The minimum atomic E-state index is -1.93. The number of nitrogens with two attached hydrogens (primary N) is 1.